The van der Waals surface area contributed by atoms with E-state index < -0.39 is 0 Å². The molecule has 19 heavy (non-hydrogen) atoms. The summed E-state index contributed by atoms with van der Waals surface area (Å²) in [4.78, 5) is 5.22. The van der Waals surface area contributed by atoms with Crippen LogP contribution in [0.3, 0.4) is 0 Å². The normalized spacial score (nSPS) is 30.3. The molecule has 1 aliphatic carbocycles. The van der Waals surface area contributed by atoms with E-state index in [1.807, 2.05) is 0 Å². The summed E-state index contributed by atoms with van der Waals surface area (Å²) in [7, 11) is 4.47. The lowest BCUT2D eigenvalue weighted by Gasteiger charge is -2.37. The van der Waals surface area contributed by atoms with Gasteiger partial charge in [0, 0.05) is 12.1 Å². The average Bonchev–Trinajstić information content (AvgIpc) is 2.92. The van der Waals surface area contributed by atoms with Crippen LogP contribution in [0.4, 0.5) is 0 Å². The maximum absolute atomic E-state index is 3.51. The van der Waals surface area contributed by atoms with Crippen molar-refractivity contribution in [1.82, 2.24) is 15.1 Å². The van der Waals surface area contributed by atoms with Gasteiger partial charge >= 0.3 is 0 Å². The van der Waals surface area contributed by atoms with Gasteiger partial charge in [-0.05, 0) is 78.3 Å². The highest BCUT2D eigenvalue weighted by atomic mass is 15.2. The Hall–Kier alpha value is -0.120. The molecule has 0 spiro atoms. The van der Waals surface area contributed by atoms with Gasteiger partial charge in [0.2, 0.25) is 0 Å². The third-order valence-electron chi connectivity index (χ3n) is 5.51. The highest BCUT2D eigenvalue weighted by Gasteiger charge is 2.27. The van der Waals surface area contributed by atoms with Crippen LogP contribution in [0.25, 0.3) is 0 Å². The molecule has 0 aromatic heterocycles. The van der Waals surface area contributed by atoms with E-state index in [0.717, 1.165) is 18.0 Å². The number of hydrogen-bond acceptors (Lipinski definition) is 3. The highest BCUT2D eigenvalue weighted by Crippen LogP contribution is 2.28. The zero-order valence-electron chi connectivity index (χ0n) is 13.2. The first kappa shape index (κ1) is 15.3. The summed E-state index contributed by atoms with van der Waals surface area (Å²) in [6.45, 7) is 7.40. The minimum atomic E-state index is 0.787. The van der Waals surface area contributed by atoms with Gasteiger partial charge in [-0.25, -0.2) is 0 Å². The van der Waals surface area contributed by atoms with Crippen molar-refractivity contribution < 1.29 is 0 Å². The molecule has 1 saturated carbocycles. The number of nitrogens with zero attached hydrogens (tertiary/aromatic N) is 2. The Bertz CT molecular complexity index is 248. The van der Waals surface area contributed by atoms with E-state index in [4.69, 9.17) is 0 Å². The number of hydrogen-bond donors (Lipinski definition) is 1. The molecule has 1 N–H and O–H groups in total. The molecule has 1 heterocycles. The second kappa shape index (κ2) is 7.61. The molecule has 2 unspecified atom stereocenters. The van der Waals surface area contributed by atoms with Gasteiger partial charge in [0.1, 0.15) is 0 Å². The van der Waals surface area contributed by atoms with Crippen LogP contribution in [0, 0.1) is 5.92 Å². The van der Waals surface area contributed by atoms with Crippen LogP contribution in [0.5, 0.6) is 0 Å². The molecule has 1 aliphatic heterocycles. The Balaban J connectivity index is 1.68. The smallest absolute Gasteiger partial charge is 0.0117 e. The van der Waals surface area contributed by atoms with Gasteiger partial charge in [0.05, 0.1) is 0 Å². The topological polar surface area (TPSA) is 18.5 Å². The fraction of sp³-hybridized carbons (Fsp3) is 1.00. The summed E-state index contributed by atoms with van der Waals surface area (Å²) in [6.07, 6.45) is 8.37. The lowest BCUT2D eigenvalue weighted by atomic mass is 9.98. The van der Waals surface area contributed by atoms with Crippen LogP contribution < -0.4 is 5.32 Å². The standard InChI is InChI=1S/C16H33N3/c1-4-19-12-9-15(10-13-19)18(3)11-8-14-6-5-7-16(14)17-2/h14-17H,4-13H2,1-3H3. The minimum Gasteiger partial charge on any atom is -0.317 e. The Morgan fingerprint density at radius 2 is 1.89 bits per heavy atom. The fourth-order valence-electron chi connectivity index (χ4n) is 3.99. The quantitative estimate of drug-likeness (QED) is 0.796. The highest BCUT2D eigenvalue weighted by molar-refractivity contribution is 4.84. The third-order valence-corrected chi connectivity index (χ3v) is 5.51. The lowest BCUT2D eigenvalue weighted by molar-refractivity contribution is 0.125. The Morgan fingerprint density at radius 1 is 1.16 bits per heavy atom. The Labute approximate surface area is 119 Å². The number of likely N-dealkylation sites (tertiary alicyclic amines) is 1. The number of piperidine rings is 1. The SMILES string of the molecule is CCN1CCC(N(C)CCC2CCCC2NC)CC1. The van der Waals surface area contributed by atoms with Crippen molar-refractivity contribution >= 4 is 0 Å². The van der Waals surface area contributed by atoms with Crippen molar-refractivity contribution in [1.29, 1.82) is 0 Å². The summed E-state index contributed by atoms with van der Waals surface area (Å²) in [5.41, 5.74) is 0. The van der Waals surface area contributed by atoms with Gasteiger partial charge in [0.25, 0.3) is 0 Å². The first-order chi connectivity index (χ1) is 9.24. The monoisotopic (exact) mass is 267 g/mol. The molecule has 2 fully saturated rings. The van der Waals surface area contributed by atoms with E-state index in [0.29, 0.717) is 0 Å². The predicted molar refractivity (Wildman–Crippen MR) is 82.6 cm³/mol. The average molecular weight is 267 g/mol. The van der Waals surface area contributed by atoms with Crippen LogP contribution in [-0.4, -0.2) is 62.2 Å². The first-order valence-corrected chi connectivity index (χ1v) is 8.34. The molecule has 0 aromatic carbocycles. The van der Waals surface area contributed by atoms with Crippen LogP contribution in [0.15, 0.2) is 0 Å². The van der Waals surface area contributed by atoms with E-state index in [1.54, 1.807) is 0 Å². The van der Waals surface area contributed by atoms with Crippen molar-refractivity contribution in [2.24, 2.45) is 5.92 Å². The molecule has 1 saturated heterocycles. The first-order valence-electron chi connectivity index (χ1n) is 8.34. The molecular weight excluding hydrogens is 234 g/mol. The van der Waals surface area contributed by atoms with Crippen molar-refractivity contribution in [2.45, 2.75) is 57.5 Å². The van der Waals surface area contributed by atoms with Gasteiger partial charge in [-0.2, -0.15) is 0 Å². The van der Waals surface area contributed by atoms with Crippen molar-refractivity contribution in [3.8, 4) is 0 Å². The second-order valence-corrected chi connectivity index (χ2v) is 6.52. The van der Waals surface area contributed by atoms with E-state index in [2.05, 4.69) is 36.1 Å². The molecular formula is C16H33N3. The van der Waals surface area contributed by atoms with Gasteiger partial charge in [0.15, 0.2) is 0 Å². The molecule has 3 nitrogen and oxygen atoms in total. The summed E-state index contributed by atoms with van der Waals surface area (Å²) in [5.74, 6) is 0.920. The van der Waals surface area contributed by atoms with Crippen molar-refractivity contribution in [3.05, 3.63) is 0 Å². The molecule has 2 atom stereocenters. The van der Waals surface area contributed by atoms with Crippen LogP contribution in [-0.2, 0) is 0 Å². The second-order valence-electron chi connectivity index (χ2n) is 6.52. The van der Waals surface area contributed by atoms with E-state index >= 15 is 0 Å². The summed E-state index contributed by atoms with van der Waals surface area (Å²) in [6, 6.07) is 1.62. The number of rotatable bonds is 6. The van der Waals surface area contributed by atoms with Crippen LogP contribution in [0.1, 0.15) is 45.4 Å². The maximum Gasteiger partial charge on any atom is 0.0117 e. The van der Waals surface area contributed by atoms with Gasteiger partial charge < -0.3 is 15.1 Å². The number of nitrogens with one attached hydrogen (secondary N) is 1. The summed E-state index contributed by atoms with van der Waals surface area (Å²) in [5, 5.41) is 3.51. The zero-order chi connectivity index (χ0) is 13.7. The molecule has 2 rings (SSSR count). The van der Waals surface area contributed by atoms with Gasteiger partial charge in [-0.1, -0.05) is 13.3 Å². The molecule has 3 heteroatoms. The largest absolute Gasteiger partial charge is 0.317 e. The molecule has 0 radical (unpaired) electrons. The van der Waals surface area contributed by atoms with Crippen LogP contribution >= 0.6 is 0 Å². The minimum absolute atomic E-state index is 0.787. The molecule has 112 valence electrons. The van der Waals surface area contributed by atoms with Gasteiger partial charge in [-0.15, -0.1) is 0 Å². The Kier molecular flexibility index (Phi) is 6.11. The maximum atomic E-state index is 3.51. The van der Waals surface area contributed by atoms with Crippen molar-refractivity contribution in [3.63, 3.8) is 0 Å². The zero-order valence-corrected chi connectivity index (χ0v) is 13.2. The molecule has 2 aliphatic rings. The van der Waals surface area contributed by atoms with Crippen LogP contribution in [0.2, 0.25) is 0 Å². The van der Waals surface area contributed by atoms with E-state index in [1.165, 1.54) is 64.7 Å². The summed E-state index contributed by atoms with van der Waals surface area (Å²) >= 11 is 0. The summed E-state index contributed by atoms with van der Waals surface area (Å²) < 4.78 is 0. The molecule has 0 amide bonds. The van der Waals surface area contributed by atoms with Gasteiger partial charge in [-0.3, -0.25) is 0 Å². The Morgan fingerprint density at radius 3 is 2.53 bits per heavy atom. The van der Waals surface area contributed by atoms with E-state index in [-0.39, 0.29) is 0 Å². The third kappa shape index (κ3) is 4.17. The van der Waals surface area contributed by atoms with E-state index in [9.17, 15) is 0 Å². The fourth-order valence-corrected chi connectivity index (χ4v) is 3.99. The lowest BCUT2D eigenvalue weighted by Crippen LogP contribution is -2.44. The predicted octanol–water partition coefficient (Wildman–Crippen LogP) is 2.18. The molecule has 0 aromatic rings. The molecule has 0 bridgehead atoms. The van der Waals surface area contributed by atoms with Crippen molar-refractivity contribution in [2.75, 3.05) is 40.3 Å².